The average Bonchev–Trinajstić information content (AvgIpc) is 3.07. The van der Waals surface area contributed by atoms with E-state index in [1.165, 1.54) is 128 Å². The summed E-state index contributed by atoms with van der Waals surface area (Å²) in [6.45, 7) is 4.70. The smallest absolute Gasteiger partial charge is 0.268 e. The summed E-state index contributed by atoms with van der Waals surface area (Å²) in [5.74, 6) is -0.173. The second-order valence-corrected chi connectivity index (χ2v) is 17.5. The first-order valence-electron chi connectivity index (χ1n) is 21.5. The molecule has 0 aromatic heterocycles. The van der Waals surface area contributed by atoms with Crippen LogP contribution in [0.3, 0.4) is 0 Å². The molecule has 304 valence electrons. The molecule has 0 aromatic rings. The van der Waals surface area contributed by atoms with Gasteiger partial charge in [0.1, 0.15) is 13.2 Å². The number of aliphatic hydroxyl groups is 1. The molecule has 9 heteroatoms. The Balaban J connectivity index is 4.41. The van der Waals surface area contributed by atoms with Gasteiger partial charge in [0, 0.05) is 6.42 Å². The molecular weight excluding hydrogens is 659 g/mol. The topological polar surface area (TPSA) is 108 Å². The molecule has 0 aromatic carbocycles. The molecule has 0 radical (unpaired) electrons. The molecule has 8 nitrogen and oxygen atoms in total. The number of rotatable bonds is 39. The van der Waals surface area contributed by atoms with Gasteiger partial charge in [-0.15, -0.1) is 0 Å². The number of amides is 1. The van der Waals surface area contributed by atoms with E-state index in [4.69, 9.17) is 9.05 Å². The molecule has 0 aliphatic heterocycles. The van der Waals surface area contributed by atoms with Crippen molar-refractivity contribution in [3.63, 3.8) is 0 Å². The van der Waals surface area contributed by atoms with Crippen LogP contribution in [-0.4, -0.2) is 68.5 Å². The fourth-order valence-corrected chi connectivity index (χ4v) is 6.99. The van der Waals surface area contributed by atoms with E-state index >= 15 is 0 Å². The standard InChI is InChI=1S/C42H85N2O6P/c1-6-8-10-12-14-16-18-20-22-24-26-28-30-32-34-36-42(46)43-40(39-50-51(47,48)49-38-37-44(3,4)5)41(45)35-33-31-29-27-25-23-21-19-17-15-13-11-9-7-2/h25,27,40-41,45H,6-24,26,28-39H2,1-5H3,(H-,43,46,47,48)/b27-25+/t40-,41+/m0/s1. The predicted molar refractivity (Wildman–Crippen MR) is 215 cm³/mol. The van der Waals surface area contributed by atoms with Gasteiger partial charge >= 0.3 is 0 Å². The molecule has 0 spiro atoms. The Kier molecular flexibility index (Phi) is 34.5. The summed E-state index contributed by atoms with van der Waals surface area (Å²) in [6.07, 6.45) is 37.8. The van der Waals surface area contributed by atoms with Gasteiger partial charge in [-0.1, -0.05) is 167 Å². The lowest BCUT2D eigenvalue weighted by atomic mass is 10.0. The fourth-order valence-electron chi connectivity index (χ4n) is 6.27. The van der Waals surface area contributed by atoms with Crippen molar-refractivity contribution < 1.29 is 32.9 Å². The second kappa shape index (κ2) is 35.0. The fraction of sp³-hybridized carbons (Fsp3) is 0.929. The lowest BCUT2D eigenvalue weighted by molar-refractivity contribution is -0.870. The van der Waals surface area contributed by atoms with Crippen molar-refractivity contribution in [2.45, 2.75) is 212 Å². The number of unbranched alkanes of at least 4 members (excludes halogenated alkanes) is 24. The quantitative estimate of drug-likeness (QED) is 0.0281. The van der Waals surface area contributed by atoms with Crippen LogP contribution in [0.1, 0.15) is 200 Å². The zero-order valence-electron chi connectivity index (χ0n) is 34.3. The van der Waals surface area contributed by atoms with E-state index in [0.29, 0.717) is 23.9 Å². The third-order valence-electron chi connectivity index (χ3n) is 9.75. The number of phosphoric ester groups is 1. The highest BCUT2D eigenvalue weighted by molar-refractivity contribution is 7.45. The number of phosphoric acid groups is 1. The lowest BCUT2D eigenvalue weighted by Gasteiger charge is -2.30. The Morgan fingerprint density at radius 1 is 0.667 bits per heavy atom. The maximum atomic E-state index is 12.8. The van der Waals surface area contributed by atoms with Gasteiger partial charge in [-0.3, -0.25) is 9.36 Å². The van der Waals surface area contributed by atoms with Crippen molar-refractivity contribution in [1.82, 2.24) is 5.32 Å². The van der Waals surface area contributed by atoms with E-state index in [0.717, 1.165) is 44.9 Å². The Hall–Kier alpha value is -0.760. The van der Waals surface area contributed by atoms with E-state index in [2.05, 4.69) is 31.3 Å². The van der Waals surface area contributed by atoms with Crippen LogP contribution in [0.5, 0.6) is 0 Å². The van der Waals surface area contributed by atoms with Crippen molar-refractivity contribution in [3.8, 4) is 0 Å². The van der Waals surface area contributed by atoms with Crippen molar-refractivity contribution in [1.29, 1.82) is 0 Å². The molecule has 3 atom stereocenters. The molecule has 0 aliphatic rings. The molecule has 0 aliphatic carbocycles. The average molecular weight is 745 g/mol. The van der Waals surface area contributed by atoms with Gasteiger partial charge in [-0.05, 0) is 38.5 Å². The minimum Gasteiger partial charge on any atom is -0.756 e. The van der Waals surface area contributed by atoms with Crippen molar-refractivity contribution in [2.24, 2.45) is 0 Å². The maximum absolute atomic E-state index is 12.8. The van der Waals surface area contributed by atoms with Crippen LogP contribution < -0.4 is 10.2 Å². The molecule has 0 bridgehead atoms. The van der Waals surface area contributed by atoms with Gasteiger partial charge in [0.25, 0.3) is 7.82 Å². The van der Waals surface area contributed by atoms with Gasteiger partial charge in [-0.2, -0.15) is 0 Å². The number of nitrogens with one attached hydrogen (secondary N) is 1. The Morgan fingerprint density at radius 3 is 1.53 bits per heavy atom. The third-order valence-corrected chi connectivity index (χ3v) is 10.7. The Bertz CT molecular complexity index is 850. The summed E-state index contributed by atoms with van der Waals surface area (Å²) < 4.78 is 23.2. The molecule has 1 unspecified atom stereocenters. The molecule has 0 heterocycles. The third kappa shape index (κ3) is 37.4. The summed E-state index contributed by atoms with van der Waals surface area (Å²) in [7, 11) is 1.29. The minimum absolute atomic E-state index is 0.00954. The Labute approximate surface area is 316 Å². The van der Waals surface area contributed by atoms with E-state index in [1.807, 2.05) is 21.1 Å². The Morgan fingerprint density at radius 2 is 1.08 bits per heavy atom. The molecule has 51 heavy (non-hydrogen) atoms. The highest BCUT2D eigenvalue weighted by atomic mass is 31.2. The number of carbonyl (C=O) groups is 1. The first kappa shape index (κ1) is 50.2. The van der Waals surface area contributed by atoms with Gasteiger partial charge in [-0.25, -0.2) is 0 Å². The summed E-state index contributed by atoms with van der Waals surface area (Å²) >= 11 is 0. The number of allylic oxidation sites excluding steroid dienone is 2. The number of likely N-dealkylation sites (N-methyl/N-ethyl adjacent to an activating group) is 1. The SMILES string of the molecule is CCCCCCCCCC/C=C/CCCC[C@@H](O)[C@H](COP(=O)([O-])OCC[N+](C)(C)C)NC(=O)CCCCCCCCCCCCCCCCC. The number of hydrogen-bond donors (Lipinski definition) is 2. The zero-order valence-corrected chi connectivity index (χ0v) is 35.2. The molecule has 0 fully saturated rings. The normalized spacial score (nSPS) is 14.6. The number of nitrogens with zero attached hydrogens (tertiary/aromatic N) is 1. The molecule has 2 N–H and O–H groups in total. The molecule has 0 saturated heterocycles. The first-order valence-corrected chi connectivity index (χ1v) is 23.0. The van der Waals surface area contributed by atoms with Crippen LogP contribution in [0, 0.1) is 0 Å². The number of aliphatic hydroxyl groups excluding tert-OH is 1. The van der Waals surface area contributed by atoms with Crippen LogP contribution in [-0.2, 0) is 18.4 Å². The summed E-state index contributed by atoms with van der Waals surface area (Å²) in [5, 5.41) is 13.9. The zero-order chi connectivity index (χ0) is 37.9. The van der Waals surface area contributed by atoms with Crippen LogP contribution in [0.2, 0.25) is 0 Å². The number of hydrogen-bond acceptors (Lipinski definition) is 6. The molecule has 1 amide bonds. The maximum Gasteiger partial charge on any atom is 0.268 e. The first-order chi connectivity index (χ1) is 24.5. The van der Waals surface area contributed by atoms with Crippen LogP contribution >= 0.6 is 7.82 Å². The summed E-state index contributed by atoms with van der Waals surface area (Å²) in [4.78, 5) is 25.3. The van der Waals surface area contributed by atoms with E-state index < -0.39 is 20.0 Å². The van der Waals surface area contributed by atoms with E-state index in [-0.39, 0.29) is 19.1 Å². The highest BCUT2D eigenvalue weighted by Gasteiger charge is 2.24. The number of carbonyl (C=O) groups excluding carboxylic acids is 1. The van der Waals surface area contributed by atoms with E-state index in [9.17, 15) is 19.4 Å². The van der Waals surface area contributed by atoms with Crippen LogP contribution in [0.4, 0.5) is 0 Å². The summed E-state index contributed by atoms with van der Waals surface area (Å²) in [6, 6.07) is -0.810. The van der Waals surface area contributed by atoms with Gasteiger partial charge in [0.05, 0.1) is 39.9 Å². The summed E-state index contributed by atoms with van der Waals surface area (Å²) in [5.41, 5.74) is 0. The predicted octanol–water partition coefficient (Wildman–Crippen LogP) is 10.9. The van der Waals surface area contributed by atoms with Crippen molar-refractivity contribution in [3.05, 3.63) is 12.2 Å². The van der Waals surface area contributed by atoms with Crippen LogP contribution in [0.15, 0.2) is 12.2 Å². The van der Waals surface area contributed by atoms with Crippen molar-refractivity contribution in [2.75, 3.05) is 40.9 Å². The largest absolute Gasteiger partial charge is 0.756 e. The van der Waals surface area contributed by atoms with Gasteiger partial charge in [0.2, 0.25) is 5.91 Å². The second-order valence-electron chi connectivity index (χ2n) is 16.1. The van der Waals surface area contributed by atoms with Gasteiger partial charge in [0.15, 0.2) is 0 Å². The minimum atomic E-state index is -4.56. The molecule has 0 saturated carbocycles. The molecule has 0 rings (SSSR count). The lowest BCUT2D eigenvalue weighted by Crippen LogP contribution is -2.46. The van der Waals surface area contributed by atoms with Crippen molar-refractivity contribution >= 4 is 13.7 Å². The monoisotopic (exact) mass is 745 g/mol. The van der Waals surface area contributed by atoms with Crippen LogP contribution in [0.25, 0.3) is 0 Å². The molecular formula is C42H85N2O6P. The number of quaternary nitrogens is 1. The highest BCUT2D eigenvalue weighted by Crippen LogP contribution is 2.38. The van der Waals surface area contributed by atoms with E-state index in [1.54, 1.807) is 0 Å². The van der Waals surface area contributed by atoms with Gasteiger partial charge < -0.3 is 28.8 Å².